The number of unbranched alkanes of at least 4 members (excludes halogenated alkanes) is 6. The second-order valence-corrected chi connectivity index (χ2v) is 12.9. The Morgan fingerprint density at radius 2 is 1.16 bits per heavy atom. The van der Waals surface area contributed by atoms with Gasteiger partial charge in [-0.25, -0.2) is 0 Å². The molecule has 1 unspecified atom stereocenters. The number of aromatic hydroxyl groups is 2. The van der Waals surface area contributed by atoms with Gasteiger partial charge in [-0.15, -0.1) is 0 Å². The number of aliphatic hydroxyl groups excluding tert-OH is 1. The second-order valence-electron chi connectivity index (χ2n) is 12.9. The lowest BCUT2D eigenvalue weighted by Crippen LogP contribution is -2.38. The predicted molar refractivity (Wildman–Crippen MR) is 155 cm³/mol. The van der Waals surface area contributed by atoms with Gasteiger partial charge in [0, 0.05) is 6.42 Å². The topological polar surface area (TPSA) is 87.0 Å². The first kappa shape index (κ1) is 31.7. The molecule has 2 aromatic rings. The van der Waals surface area contributed by atoms with E-state index >= 15 is 0 Å². The van der Waals surface area contributed by atoms with E-state index in [1.54, 1.807) is 31.2 Å². The van der Waals surface area contributed by atoms with Crippen LogP contribution in [0.25, 0.3) is 0 Å². The summed E-state index contributed by atoms with van der Waals surface area (Å²) in [6, 6.07) is 10.4. The minimum absolute atomic E-state index is 0.164. The molecule has 1 atom stereocenters. The van der Waals surface area contributed by atoms with Crippen LogP contribution >= 0.6 is 0 Å². The van der Waals surface area contributed by atoms with Crippen LogP contribution in [-0.4, -0.2) is 27.6 Å². The summed E-state index contributed by atoms with van der Waals surface area (Å²) in [5.41, 5.74) is 0.751. The fourth-order valence-electron chi connectivity index (χ4n) is 4.87. The molecule has 0 heterocycles. The van der Waals surface area contributed by atoms with Crippen LogP contribution in [0.3, 0.4) is 0 Å². The highest BCUT2D eigenvalue weighted by molar-refractivity contribution is 5.87. The normalized spacial score (nSPS) is 13.4. The molecule has 0 aliphatic heterocycles. The highest BCUT2D eigenvalue weighted by Crippen LogP contribution is 2.42. The fraction of sp³-hybridized carbons (Fsp3) is 0.606. The highest BCUT2D eigenvalue weighted by atomic mass is 16.6. The number of aliphatic hydroxyl groups is 1. The van der Waals surface area contributed by atoms with Crippen LogP contribution in [0.15, 0.2) is 36.4 Å². The van der Waals surface area contributed by atoms with E-state index in [1.807, 2.05) is 53.7 Å². The third-order valence-corrected chi connectivity index (χ3v) is 7.47. The van der Waals surface area contributed by atoms with Crippen LogP contribution in [0.2, 0.25) is 0 Å². The van der Waals surface area contributed by atoms with Crippen molar-refractivity contribution in [1.82, 2.24) is 0 Å². The van der Waals surface area contributed by atoms with Gasteiger partial charge in [-0.2, -0.15) is 0 Å². The van der Waals surface area contributed by atoms with E-state index in [0.717, 1.165) is 19.3 Å². The Morgan fingerprint density at radius 1 is 0.737 bits per heavy atom. The number of phenols is 2. The third-order valence-electron chi connectivity index (χ3n) is 7.47. The van der Waals surface area contributed by atoms with Crippen LogP contribution in [0, 0.1) is 0 Å². The van der Waals surface area contributed by atoms with Crippen molar-refractivity contribution in [3.8, 4) is 11.5 Å². The van der Waals surface area contributed by atoms with Crippen LogP contribution in [0.1, 0.15) is 129 Å². The maximum absolute atomic E-state index is 13.9. The Hall–Kier alpha value is -2.53. The Morgan fingerprint density at radius 3 is 1.58 bits per heavy atom. The van der Waals surface area contributed by atoms with E-state index in [2.05, 4.69) is 6.92 Å². The zero-order valence-corrected chi connectivity index (χ0v) is 24.9. The summed E-state index contributed by atoms with van der Waals surface area (Å²) < 4.78 is 5.67. The molecule has 0 aliphatic rings. The van der Waals surface area contributed by atoms with Crippen molar-refractivity contribution in [2.24, 2.45) is 0 Å². The molecule has 5 heteroatoms. The van der Waals surface area contributed by atoms with Crippen LogP contribution < -0.4 is 0 Å². The van der Waals surface area contributed by atoms with Gasteiger partial charge in [0.15, 0.2) is 0 Å². The zero-order chi connectivity index (χ0) is 28.7. The minimum atomic E-state index is -1.28. The predicted octanol–water partition coefficient (Wildman–Crippen LogP) is 8.00. The van der Waals surface area contributed by atoms with E-state index in [9.17, 15) is 20.1 Å². The lowest BCUT2D eigenvalue weighted by Gasteiger charge is -2.33. The van der Waals surface area contributed by atoms with E-state index in [4.69, 9.17) is 4.74 Å². The van der Waals surface area contributed by atoms with Gasteiger partial charge in [0.05, 0.1) is 0 Å². The number of carbonyl (C=O) groups excluding carboxylic acids is 1. The molecule has 212 valence electrons. The zero-order valence-electron chi connectivity index (χ0n) is 24.9. The number of rotatable bonds is 12. The van der Waals surface area contributed by atoms with Crippen LogP contribution in [-0.2, 0) is 25.8 Å². The maximum atomic E-state index is 13.9. The first-order valence-electron chi connectivity index (χ1n) is 14.2. The van der Waals surface area contributed by atoms with E-state index in [-0.39, 0.29) is 22.3 Å². The number of hydrogen-bond donors (Lipinski definition) is 3. The molecule has 0 saturated heterocycles. The first-order chi connectivity index (χ1) is 17.6. The molecule has 0 aromatic heterocycles. The fourth-order valence-corrected chi connectivity index (χ4v) is 4.87. The molecule has 0 fully saturated rings. The number of ether oxygens (including phenoxy) is 1. The SMILES string of the molecule is CCCCCCCCCC(O)OC(=O)C(C)(c1ccc(O)c(C(C)(C)C)c1)c1ccc(O)c(C(C)(C)C)c1. The summed E-state index contributed by atoms with van der Waals surface area (Å²) in [6.45, 7) is 16.0. The summed E-state index contributed by atoms with van der Waals surface area (Å²) in [5, 5.41) is 31.8. The first-order valence-corrected chi connectivity index (χ1v) is 14.2. The molecule has 0 spiro atoms. The van der Waals surface area contributed by atoms with Crippen molar-refractivity contribution in [2.45, 2.75) is 129 Å². The van der Waals surface area contributed by atoms with Crippen molar-refractivity contribution >= 4 is 5.97 Å². The molecule has 0 amide bonds. The lowest BCUT2D eigenvalue weighted by atomic mass is 9.72. The monoisotopic (exact) mass is 526 g/mol. The quantitative estimate of drug-likeness (QED) is 0.148. The van der Waals surface area contributed by atoms with E-state index in [0.29, 0.717) is 28.7 Å². The number of esters is 1. The lowest BCUT2D eigenvalue weighted by molar-refractivity contribution is -0.173. The van der Waals surface area contributed by atoms with E-state index < -0.39 is 17.7 Å². The molecular formula is C33H50O5. The summed E-state index contributed by atoms with van der Waals surface area (Å²) in [6.07, 6.45) is 6.98. The molecule has 3 N–H and O–H groups in total. The Bertz CT molecular complexity index is 995. The number of phenolic OH excluding ortho intramolecular Hbond substituents is 2. The standard InChI is InChI=1S/C33H50O5/c1-9-10-11-12-13-14-15-16-29(36)38-30(37)33(8,23-17-19-27(34)25(21-23)31(2,3)4)24-18-20-28(35)26(22-24)32(5,6)7/h17-22,29,34-36H,9-16H2,1-8H3. The minimum Gasteiger partial charge on any atom is -0.508 e. The van der Waals surface area contributed by atoms with Gasteiger partial charge in [0.25, 0.3) is 0 Å². The van der Waals surface area contributed by atoms with Crippen molar-refractivity contribution in [3.63, 3.8) is 0 Å². The molecule has 0 aliphatic carbocycles. The molecule has 2 rings (SSSR count). The smallest absolute Gasteiger partial charge is 0.323 e. The molecule has 0 bridgehead atoms. The van der Waals surface area contributed by atoms with Crippen molar-refractivity contribution < 1.29 is 24.9 Å². The summed E-state index contributed by atoms with van der Waals surface area (Å²) in [7, 11) is 0. The molecule has 5 nitrogen and oxygen atoms in total. The largest absolute Gasteiger partial charge is 0.508 e. The Balaban J connectivity index is 2.42. The Kier molecular flexibility index (Phi) is 10.9. The molecular weight excluding hydrogens is 476 g/mol. The second kappa shape index (κ2) is 13.0. The number of carbonyl (C=O) groups is 1. The molecule has 38 heavy (non-hydrogen) atoms. The van der Waals surface area contributed by atoms with Crippen LogP contribution in [0.5, 0.6) is 11.5 Å². The van der Waals surface area contributed by atoms with Gasteiger partial charge in [-0.3, -0.25) is 4.79 Å². The average Bonchev–Trinajstić information content (AvgIpc) is 2.82. The van der Waals surface area contributed by atoms with Crippen molar-refractivity contribution in [1.29, 1.82) is 0 Å². The van der Waals surface area contributed by atoms with Gasteiger partial charge < -0.3 is 20.1 Å². The maximum Gasteiger partial charge on any atom is 0.323 e. The van der Waals surface area contributed by atoms with Gasteiger partial charge >= 0.3 is 5.97 Å². The van der Waals surface area contributed by atoms with Gasteiger partial charge in [0.1, 0.15) is 16.9 Å². The van der Waals surface area contributed by atoms with Crippen LogP contribution in [0.4, 0.5) is 0 Å². The number of benzene rings is 2. The highest BCUT2D eigenvalue weighted by Gasteiger charge is 2.41. The average molecular weight is 527 g/mol. The third kappa shape index (κ3) is 7.99. The molecule has 0 radical (unpaired) electrons. The summed E-state index contributed by atoms with van der Waals surface area (Å²) in [4.78, 5) is 13.9. The van der Waals surface area contributed by atoms with E-state index in [1.165, 1.54) is 25.7 Å². The Labute approximate surface area is 230 Å². The van der Waals surface area contributed by atoms with Crippen molar-refractivity contribution in [2.75, 3.05) is 0 Å². The number of hydrogen-bond acceptors (Lipinski definition) is 5. The van der Waals surface area contributed by atoms with Gasteiger partial charge in [-0.05, 0) is 58.6 Å². The van der Waals surface area contributed by atoms with Gasteiger partial charge in [0.2, 0.25) is 6.29 Å². The summed E-state index contributed by atoms with van der Waals surface area (Å²) in [5.74, 6) is -0.238. The van der Waals surface area contributed by atoms with Crippen molar-refractivity contribution in [3.05, 3.63) is 58.7 Å². The summed E-state index contributed by atoms with van der Waals surface area (Å²) >= 11 is 0. The van der Waals surface area contributed by atoms with Gasteiger partial charge in [-0.1, -0.05) is 111 Å². The molecule has 2 aromatic carbocycles. The molecule has 0 saturated carbocycles.